The van der Waals surface area contributed by atoms with E-state index in [4.69, 9.17) is 0 Å². The Labute approximate surface area is 136 Å². The van der Waals surface area contributed by atoms with Crippen molar-refractivity contribution in [2.75, 3.05) is 11.9 Å². The van der Waals surface area contributed by atoms with E-state index in [0.717, 1.165) is 37.4 Å². The molecule has 0 aromatic carbocycles. The molecule has 2 N–H and O–H groups in total. The highest BCUT2D eigenvalue weighted by atomic mass is 16.3. The fourth-order valence-electron chi connectivity index (χ4n) is 4.43. The first kappa shape index (κ1) is 15.0. The van der Waals surface area contributed by atoms with Crippen LogP contribution in [0.4, 0.5) is 10.6 Å². The summed E-state index contributed by atoms with van der Waals surface area (Å²) in [6, 6.07) is 2.20. The van der Waals surface area contributed by atoms with Crippen LogP contribution in [0.1, 0.15) is 50.8 Å². The molecule has 1 aromatic heterocycles. The van der Waals surface area contributed by atoms with Gasteiger partial charge in [-0.2, -0.15) is 5.10 Å². The number of likely N-dealkylation sites (tertiary alicyclic amines) is 1. The van der Waals surface area contributed by atoms with E-state index in [1.165, 1.54) is 12.8 Å². The maximum Gasteiger partial charge on any atom is 0.323 e. The van der Waals surface area contributed by atoms with Crippen molar-refractivity contribution < 1.29 is 9.90 Å². The van der Waals surface area contributed by atoms with Crippen LogP contribution in [0.15, 0.2) is 6.07 Å². The Morgan fingerprint density at radius 1 is 1.35 bits per heavy atom. The lowest BCUT2D eigenvalue weighted by Gasteiger charge is -2.26. The zero-order chi connectivity index (χ0) is 16.1. The summed E-state index contributed by atoms with van der Waals surface area (Å²) < 4.78 is 2.03. The number of carbonyl (C=O) groups excluding carboxylic acids is 1. The first-order valence-corrected chi connectivity index (χ1v) is 8.86. The zero-order valence-electron chi connectivity index (χ0n) is 13.9. The molecule has 0 radical (unpaired) electrons. The van der Waals surface area contributed by atoms with Gasteiger partial charge in [0.15, 0.2) is 5.82 Å². The molecule has 2 aliphatic carbocycles. The third-order valence-corrected chi connectivity index (χ3v) is 5.92. The number of fused-ring (bicyclic) bond motifs is 1. The van der Waals surface area contributed by atoms with Crippen molar-refractivity contribution in [2.24, 2.45) is 11.8 Å². The number of carbonyl (C=O) groups is 1. The summed E-state index contributed by atoms with van der Waals surface area (Å²) in [5.41, 5.74) is 1.08. The van der Waals surface area contributed by atoms with Crippen molar-refractivity contribution in [3.8, 4) is 0 Å². The van der Waals surface area contributed by atoms with Crippen molar-refractivity contribution in [3.63, 3.8) is 0 Å². The molecular formula is C17H26N4O2. The molecule has 6 heteroatoms. The minimum atomic E-state index is -0.373. The molecule has 0 bridgehead atoms. The Bertz CT molecular complexity index is 610. The lowest BCUT2D eigenvalue weighted by molar-refractivity contribution is 0.101. The van der Waals surface area contributed by atoms with E-state index in [0.29, 0.717) is 17.8 Å². The number of rotatable bonds is 3. The van der Waals surface area contributed by atoms with Crippen LogP contribution in [0.2, 0.25) is 0 Å². The number of nitrogens with one attached hydrogen (secondary N) is 1. The molecule has 3 aliphatic rings. The molecule has 4 rings (SSSR count). The fraction of sp³-hybridized carbons (Fsp3) is 0.765. The Morgan fingerprint density at radius 3 is 2.87 bits per heavy atom. The van der Waals surface area contributed by atoms with Crippen molar-refractivity contribution in [1.29, 1.82) is 0 Å². The maximum atomic E-state index is 12.6. The van der Waals surface area contributed by atoms with Gasteiger partial charge in [-0.15, -0.1) is 0 Å². The molecule has 4 atom stereocenters. The summed E-state index contributed by atoms with van der Waals surface area (Å²) in [6.45, 7) is 4.97. The van der Waals surface area contributed by atoms with E-state index < -0.39 is 0 Å². The summed E-state index contributed by atoms with van der Waals surface area (Å²) in [5.74, 6) is 1.81. The number of urea groups is 1. The first-order chi connectivity index (χ1) is 11.0. The molecule has 1 aromatic rings. The number of anilines is 1. The van der Waals surface area contributed by atoms with Gasteiger partial charge in [-0.25, -0.2) is 4.79 Å². The number of aliphatic hydroxyl groups excluding tert-OH is 1. The monoisotopic (exact) mass is 318 g/mol. The number of hydrogen-bond donors (Lipinski definition) is 2. The molecule has 1 aliphatic heterocycles. The van der Waals surface area contributed by atoms with Crippen molar-refractivity contribution in [1.82, 2.24) is 14.7 Å². The van der Waals surface area contributed by atoms with Crippen LogP contribution in [-0.4, -0.2) is 44.5 Å². The molecule has 6 nitrogen and oxygen atoms in total. The average molecular weight is 318 g/mol. The van der Waals surface area contributed by atoms with E-state index in [1.807, 2.05) is 17.7 Å². The van der Waals surface area contributed by atoms with Gasteiger partial charge in [-0.1, -0.05) is 0 Å². The lowest BCUT2D eigenvalue weighted by Crippen LogP contribution is -2.44. The standard InChI is InChI=1S/C17H26N4O2/c1-10-9-15(19-21(10)11(2)12-3-4-12)18-17(23)20-8-7-13-5-6-14(22)16(13)20/h9,11-14,16,22H,3-8H2,1-2H3,(H,18,19,23)/t11?,13-,14+,16+/m0/s1. The second-order valence-electron chi connectivity index (χ2n) is 7.50. The van der Waals surface area contributed by atoms with Gasteiger partial charge in [0.2, 0.25) is 0 Å². The third-order valence-electron chi connectivity index (χ3n) is 5.92. The average Bonchev–Trinajstić information content (AvgIpc) is 3.03. The predicted molar refractivity (Wildman–Crippen MR) is 87.3 cm³/mol. The topological polar surface area (TPSA) is 70.4 Å². The molecule has 2 amide bonds. The molecule has 126 valence electrons. The SMILES string of the molecule is Cc1cc(NC(=O)N2CC[C@@H]3CC[C@@H](O)[C@@H]32)nn1C(C)C1CC1. The summed E-state index contributed by atoms with van der Waals surface area (Å²) >= 11 is 0. The van der Waals surface area contributed by atoms with E-state index in [1.54, 1.807) is 4.90 Å². The van der Waals surface area contributed by atoms with Crippen LogP contribution in [0.25, 0.3) is 0 Å². The highest BCUT2D eigenvalue weighted by molar-refractivity contribution is 5.88. The largest absolute Gasteiger partial charge is 0.391 e. The molecule has 1 unspecified atom stereocenters. The molecule has 23 heavy (non-hydrogen) atoms. The number of aliphatic hydroxyl groups is 1. The van der Waals surface area contributed by atoms with Crippen molar-refractivity contribution in [3.05, 3.63) is 11.8 Å². The van der Waals surface area contributed by atoms with Crippen LogP contribution in [0, 0.1) is 18.8 Å². The van der Waals surface area contributed by atoms with Gasteiger partial charge in [-0.3, -0.25) is 10.00 Å². The fourth-order valence-corrected chi connectivity index (χ4v) is 4.43. The van der Waals surface area contributed by atoms with Crippen LogP contribution < -0.4 is 5.32 Å². The Balaban J connectivity index is 1.45. The lowest BCUT2D eigenvalue weighted by atomic mass is 10.0. The predicted octanol–water partition coefficient (Wildman–Crippen LogP) is 2.54. The quantitative estimate of drug-likeness (QED) is 0.900. The smallest absolute Gasteiger partial charge is 0.323 e. The van der Waals surface area contributed by atoms with Gasteiger partial charge >= 0.3 is 6.03 Å². The molecule has 2 saturated carbocycles. The van der Waals surface area contributed by atoms with E-state index in [2.05, 4.69) is 17.3 Å². The van der Waals surface area contributed by atoms with Crippen LogP contribution in [-0.2, 0) is 0 Å². The number of aryl methyl sites for hydroxylation is 1. The minimum absolute atomic E-state index is 0.0106. The van der Waals surface area contributed by atoms with Crippen molar-refractivity contribution in [2.45, 2.75) is 64.1 Å². The number of amides is 2. The second-order valence-corrected chi connectivity index (χ2v) is 7.50. The third kappa shape index (κ3) is 2.63. The molecule has 0 spiro atoms. The van der Waals surface area contributed by atoms with Crippen molar-refractivity contribution >= 4 is 11.8 Å². The Kier molecular flexibility index (Phi) is 3.59. The highest BCUT2D eigenvalue weighted by Crippen LogP contribution is 2.40. The Morgan fingerprint density at radius 2 is 2.13 bits per heavy atom. The molecule has 2 heterocycles. The Hall–Kier alpha value is -1.56. The van der Waals surface area contributed by atoms with E-state index in [9.17, 15) is 9.90 Å². The van der Waals surface area contributed by atoms with Gasteiger partial charge in [-0.05, 0) is 57.8 Å². The number of hydrogen-bond acceptors (Lipinski definition) is 3. The molecular weight excluding hydrogens is 292 g/mol. The molecule has 3 fully saturated rings. The van der Waals surface area contributed by atoms with Gasteiger partial charge < -0.3 is 10.0 Å². The summed E-state index contributed by atoms with van der Waals surface area (Å²) in [4.78, 5) is 14.4. The first-order valence-electron chi connectivity index (χ1n) is 8.86. The van der Waals surface area contributed by atoms with E-state index in [-0.39, 0.29) is 18.2 Å². The van der Waals surface area contributed by atoms with Gasteiger partial charge in [0.1, 0.15) is 0 Å². The number of nitrogens with zero attached hydrogens (tertiary/aromatic N) is 3. The number of aromatic nitrogens is 2. The summed E-state index contributed by atoms with van der Waals surface area (Å²) in [6.07, 6.45) is 5.02. The minimum Gasteiger partial charge on any atom is -0.391 e. The van der Waals surface area contributed by atoms with Gasteiger partial charge in [0, 0.05) is 18.3 Å². The van der Waals surface area contributed by atoms with E-state index >= 15 is 0 Å². The van der Waals surface area contributed by atoms with Crippen LogP contribution in [0.5, 0.6) is 0 Å². The normalized spacial score (nSPS) is 31.3. The van der Waals surface area contributed by atoms with Gasteiger partial charge in [0.25, 0.3) is 0 Å². The second kappa shape index (κ2) is 5.51. The van der Waals surface area contributed by atoms with Crippen LogP contribution >= 0.6 is 0 Å². The summed E-state index contributed by atoms with van der Waals surface area (Å²) in [7, 11) is 0. The zero-order valence-corrected chi connectivity index (χ0v) is 13.9. The summed E-state index contributed by atoms with van der Waals surface area (Å²) in [5, 5.41) is 17.7. The maximum absolute atomic E-state index is 12.6. The highest BCUT2D eigenvalue weighted by Gasteiger charge is 2.45. The van der Waals surface area contributed by atoms with Crippen LogP contribution in [0.3, 0.4) is 0 Å². The molecule has 1 saturated heterocycles. The van der Waals surface area contributed by atoms with Gasteiger partial charge in [0.05, 0.1) is 18.2 Å².